The maximum Gasteiger partial charge on any atom is 0.174 e. The molecule has 3 heterocycles. The van der Waals surface area contributed by atoms with Gasteiger partial charge in [0.2, 0.25) is 0 Å². The molecule has 158 valence electrons. The standard InChI is InChI=1S/C26H24N6/c1-19-11-13-20(14-12-19)25-22(18-32(30-25)23-8-4-2-5-9-23)16-21(17-27)26-29-28-24-10-6-3-7-15-31(24)26/h2,4-5,8-9,11-14,16,18H,3,6-7,10,15H2,1H3/b21-16+. The Balaban J connectivity index is 1.64. The molecule has 0 amide bonds. The van der Waals surface area contributed by atoms with Crippen LogP contribution in [0.3, 0.4) is 0 Å². The number of aryl methyl sites for hydroxylation is 2. The van der Waals surface area contributed by atoms with Crippen molar-refractivity contribution in [1.82, 2.24) is 24.5 Å². The van der Waals surface area contributed by atoms with Crippen molar-refractivity contribution < 1.29 is 0 Å². The summed E-state index contributed by atoms with van der Waals surface area (Å²) in [5.41, 5.74) is 5.38. The number of hydrogen-bond donors (Lipinski definition) is 0. The molecule has 32 heavy (non-hydrogen) atoms. The van der Waals surface area contributed by atoms with Gasteiger partial charge in [-0.15, -0.1) is 10.2 Å². The van der Waals surface area contributed by atoms with E-state index in [1.54, 1.807) is 0 Å². The minimum Gasteiger partial charge on any atom is -0.310 e. The van der Waals surface area contributed by atoms with Crippen molar-refractivity contribution >= 4 is 11.6 Å². The highest BCUT2D eigenvalue weighted by molar-refractivity contribution is 5.90. The summed E-state index contributed by atoms with van der Waals surface area (Å²) in [5.74, 6) is 1.61. The quantitative estimate of drug-likeness (QED) is 0.424. The fraction of sp³-hybridized carbons (Fsp3) is 0.231. The van der Waals surface area contributed by atoms with Crippen molar-refractivity contribution in [3.05, 3.63) is 83.6 Å². The van der Waals surface area contributed by atoms with Crippen LogP contribution in [0.1, 0.15) is 42.0 Å². The van der Waals surface area contributed by atoms with Gasteiger partial charge in [-0.05, 0) is 38.0 Å². The van der Waals surface area contributed by atoms with Crippen LogP contribution in [0.4, 0.5) is 0 Å². The predicted molar refractivity (Wildman–Crippen MR) is 125 cm³/mol. The number of rotatable bonds is 4. The second-order valence-electron chi connectivity index (χ2n) is 8.15. The molecule has 2 aromatic heterocycles. The van der Waals surface area contributed by atoms with E-state index in [9.17, 15) is 5.26 Å². The summed E-state index contributed by atoms with van der Waals surface area (Å²) in [6.45, 7) is 2.92. The summed E-state index contributed by atoms with van der Waals surface area (Å²) in [4.78, 5) is 0. The van der Waals surface area contributed by atoms with E-state index in [4.69, 9.17) is 5.10 Å². The first-order valence-electron chi connectivity index (χ1n) is 11.0. The van der Waals surface area contributed by atoms with E-state index in [-0.39, 0.29) is 0 Å². The van der Waals surface area contributed by atoms with Gasteiger partial charge >= 0.3 is 0 Å². The van der Waals surface area contributed by atoms with Crippen LogP contribution in [0.5, 0.6) is 0 Å². The molecule has 2 aromatic carbocycles. The molecule has 0 bridgehead atoms. The number of para-hydroxylation sites is 1. The van der Waals surface area contributed by atoms with Gasteiger partial charge in [-0.2, -0.15) is 10.4 Å². The van der Waals surface area contributed by atoms with E-state index in [1.807, 2.05) is 47.3 Å². The van der Waals surface area contributed by atoms with E-state index in [0.717, 1.165) is 54.1 Å². The number of fused-ring (bicyclic) bond motifs is 1. The van der Waals surface area contributed by atoms with Crippen LogP contribution in [0.25, 0.3) is 28.6 Å². The van der Waals surface area contributed by atoms with Crippen molar-refractivity contribution in [1.29, 1.82) is 5.26 Å². The molecule has 1 aliphatic heterocycles. The molecule has 5 rings (SSSR count). The molecule has 0 aliphatic carbocycles. The van der Waals surface area contributed by atoms with Crippen LogP contribution in [-0.2, 0) is 13.0 Å². The van der Waals surface area contributed by atoms with E-state index < -0.39 is 0 Å². The Kier molecular flexibility index (Phi) is 5.39. The molecular formula is C26H24N6. The fourth-order valence-electron chi connectivity index (χ4n) is 4.13. The topological polar surface area (TPSA) is 72.3 Å². The lowest BCUT2D eigenvalue weighted by Gasteiger charge is -2.06. The minimum absolute atomic E-state index is 0.506. The third kappa shape index (κ3) is 3.85. The van der Waals surface area contributed by atoms with E-state index >= 15 is 0 Å². The molecule has 1 aliphatic rings. The van der Waals surface area contributed by atoms with Gasteiger partial charge in [0.15, 0.2) is 5.82 Å². The zero-order chi connectivity index (χ0) is 21.9. The van der Waals surface area contributed by atoms with Gasteiger partial charge in [-0.3, -0.25) is 0 Å². The van der Waals surface area contributed by atoms with Crippen LogP contribution in [0.2, 0.25) is 0 Å². The Morgan fingerprint density at radius 1 is 1.00 bits per heavy atom. The first-order chi connectivity index (χ1) is 15.7. The third-order valence-corrected chi connectivity index (χ3v) is 5.86. The average molecular weight is 421 g/mol. The number of benzene rings is 2. The van der Waals surface area contributed by atoms with Crippen LogP contribution in [0.15, 0.2) is 60.8 Å². The predicted octanol–water partition coefficient (Wildman–Crippen LogP) is 5.23. The number of nitrogens with zero attached hydrogens (tertiary/aromatic N) is 6. The zero-order valence-corrected chi connectivity index (χ0v) is 18.1. The van der Waals surface area contributed by atoms with E-state index in [0.29, 0.717) is 11.4 Å². The largest absolute Gasteiger partial charge is 0.310 e. The van der Waals surface area contributed by atoms with Gasteiger partial charge in [-0.25, -0.2) is 4.68 Å². The molecule has 0 spiro atoms. The molecule has 0 radical (unpaired) electrons. The second-order valence-corrected chi connectivity index (χ2v) is 8.15. The lowest BCUT2D eigenvalue weighted by Crippen LogP contribution is -2.05. The maximum absolute atomic E-state index is 10.0. The molecule has 0 atom stereocenters. The first kappa shape index (κ1) is 20.0. The lowest BCUT2D eigenvalue weighted by molar-refractivity contribution is 0.627. The molecule has 0 fully saturated rings. The SMILES string of the molecule is Cc1ccc(-c2nn(-c3ccccc3)cc2/C=C(\C#N)c2nnc3n2CCCCC3)cc1. The summed E-state index contributed by atoms with van der Waals surface area (Å²) in [6.07, 6.45) is 8.15. The van der Waals surface area contributed by atoms with Crippen LogP contribution in [-0.4, -0.2) is 24.5 Å². The van der Waals surface area contributed by atoms with Crippen LogP contribution < -0.4 is 0 Å². The smallest absolute Gasteiger partial charge is 0.174 e. The summed E-state index contributed by atoms with van der Waals surface area (Å²) in [5, 5.41) is 23.6. The van der Waals surface area contributed by atoms with Gasteiger partial charge < -0.3 is 4.57 Å². The molecule has 6 nitrogen and oxygen atoms in total. The first-order valence-corrected chi connectivity index (χ1v) is 11.0. The summed E-state index contributed by atoms with van der Waals surface area (Å²) in [6, 6.07) is 20.7. The molecule has 0 saturated heterocycles. The van der Waals surface area contributed by atoms with Crippen molar-refractivity contribution in [2.24, 2.45) is 0 Å². The maximum atomic E-state index is 10.0. The van der Waals surface area contributed by atoms with E-state index in [2.05, 4.69) is 52.0 Å². The highest BCUT2D eigenvalue weighted by atomic mass is 15.3. The average Bonchev–Trinajstić information content (AvgIpc) is 3.35. The fourth-order valence-corrected chi connectivity index (χ4v) is 4.13. The van der Waals surface area contributed by atoms with Crippen LogP contribution >= 0.6 is 0 Å². The number of aromatic nitrogens is 5. The summed E-state index contributed by atoms with van der Waals surface area (Å²) >= 11 is 0. The molecule has 4 aromatic rings. The summed E-state index contributed by atoms with van der Waals surface area (Å²) < 4.78 is 3.97. The monoisotopic (exact) mass is 420 g/mol. The number of hydrogen-bond acceptors (Lipinski definition) is 4. The highest BCUT2D eigenvalue weighted by Crippen LogP contribution is 2.28. The molecule has 0 N–H and O–H groups in total. The molecule has 0 unspecified atom stereocenters. The molecular weight excluding hydrogens is 396 g/mol. The van der Waals surface area contributed by atoms with Crippen molar-refractivity contribution in [3.63, 3.8) is 0 Å². The van der Waals surface area contributed by atoms with Crippen molar-refractivity contribution in [2.45, 2.75) is 39.2 Å². The summed E-state index contributed by atoms with van der Waals surface area (Å²) in [7, 11) is 0. The number of nitriles is 1. The van der Waals surface area contributed by atoms with E-state index in [1.165, 1.54) is 12.0 Å². The molecule has 0 saturated carbocycles. The Morgan fingerprint density at radius 3 is 2.59 bits per heavy atom. The minimum atomic E-state index is 0.506. The Morgan fingerprint density at radius 2 is 1.81 bits per heavy atom. The van der Waals surface area contributed by atoms with Crippen molar-refractivity contribution in [3.8, 4) is 23.0 Å². The second kappa shape index (κ2) is 8.64. The third-order valence-electron chi connectivity index (χ3n) is 5.86. The van der Waals surface area contributed by atoms with Gasteiger partial charge in [0.25, 0.3) is 0 Å². The zero-order valence-electron chi connectivity index (χ0n) is 18.1. The highest BCUT2D eigenvalue weighted by Gasteiger charge is 2.19. The lowest BCUT2D eigenvalue weighted by atomic mass is 10.0. The Hall–Kier alpha value is -3.98. The van der Waals surface area contributed by atoms with Crippen molar-refractivity contribution in [2.75, 3.05) is 0 Å². The Labute approximate surface area is 187 Å². The van der Waals surface area contributed by atoms with Gasteiger partial charge in [0, 0.05) is 30.3 Å². The Bertz CT molecular complexity index is 1300. The van der Waals surface area contributed by atoms with Crippen LogP contribution in [0, 0.1) is 18.3 Å². The van der Waals surface area contributed by atoms with Gasteiger partial charge in [0.1, 0.15) is 11.9 Å². The van der Waals surface area contributed by atoms with Gasteiger partial charge in [-0.1, -0.05) is 54.4 Å². The number of allylic oxidation sites excluding steroid dienone is 1. The molecule has 6 heteroatoms. The van der Waals surface area contributed by atoms with Gasteiger partial charge in [0.05, 0.1) is 17.0 Å². The normalized spacial score (nSPS) is 13.9.